The number of nitrogens with one attached hydrogen (secondary N) is 1. The van der Waals surface area contributed by atoms with Gasteiger partial charge >= 0.3 is 0 Å². The molecule has 0 amide bonds. The molecule has 0 saturated heterocycles. The molecule has 0 saturated carbocycles. The van der Waals surface area contributed by atoms with Crippen LogP contribution in [-0.4, -0.2) is 0 Å². The molecule has 1 atom stereocenters. The van der Waals surface area contributed by atoms with Crippen LogP contribution in [0.1, 0.15) is 17.8 Å². The highest BCUT2D eigenvalue weighted by atomic mass is 35.5. The predicted molar refractivity (Wildman–Crippen MR) is 67.8 cm³/mol. The lowest BCUT2D eigenvalue weighted by Gasteiger charge is -2.14. The van der Waals surface area contributed by atoms with E-state index in [9.17, 15) is 4.39 Å². The minimum atomic E-state index is -0.284. The minimum Gasteiger partial charge on any atom is -0.375 e. The molecule has 0 aliphatic carbocycles. The van der Waals surface area contributed by atoms with E-state index in [0.29, 0.717) is 10.7 Å². The normalized spacial score (nSPS) is 12.4. The fraction of sp³-hybridized carbons (Fsp3) is 0.167. The molecule has 1 nitrogen and oxygen atoms in total. The third-order valence-electron chi connectivity index (χ3n) is 2.27. The van der Waals surface area contributed by atoms with Crippen molar-refractivity contribution in [2.24, 2.45) is 0 Å². The zero-order valence-electron chi connectivity index (χ0n) is 8.71. The molecule has 4 heteroatoms. The first kappa shape index (κ1) is 11.4. The lowest BCUT2D eigenvalue weighted by atomic mass is 10.2. The first-order valence-electron chi connectivity index (χ1n) is 4.92. The van der Waals surface area contributed by atoms with Gasteiger partial charge in [0.2, 0.25) is 0 Å². The topological polar surface area (TPSA) is 12.0 Å². The van der Waals surface area contributed by atoms with E-state index in [4.69, 9.17) is 11.6 Å². The van der Waals surface area contributed by atoms with Crippen LogP contribution >= 0.6 is 22.9 Å². The van der Waals surface area contributed by atoms with Crippen molar-refractivity contribution >= 4 is 28.6 Å². The van der Waals surface area contributed by atoms with Gasteiger partial charge in [0.15, 0.2) is 0 Å². The maximum Gasteiger partial charge on any atom is 0.146 e. The summed E-state index contributed by atoms with van der Waals surface area (Å²) in [6.45, 7) is 1.99. The monoisotopic (exact) mass is 255 g/mol. The average Bonchev–Trinajstić information content (AvgIpc) is 2.76. The molecule has 1 heterocycles. The van der Waals surface area contributed by atoms with E-state index in [2.05, 4.69) is 5.32 Å². The quantitative estimate of drug-likeness (QED) is 0.837. The van der Waals surface area contributed by atoms with Crippen LogP contribution in [0.25, 0.3) is 0 Å². The Morgan fingerprint density at radius 1 is 1.38 bits per heavy atom. The summed E-state index contributed by atoms with van der Waals surface area (Å²) in [5.41, 5.74) is 0.438. The fourth-order valence-electron chi connectivity index (χ4n) is 1.45. The number of hydrogen-bond acceptors (Lipinski definition) is 2. The first-order valence-corrected chi connectivity index (χ1v) is 6.17. The van der Waals surface area contributed by atoms with E-state index >= 15 is 0 Å². The number of thiophene rings is 1. The Labute approximate surface area is 103 Å². The van der Waals surface area contributed by atoms with E-state index in [-0.39, 0.29) is 11.9 Å². The highest BCUT2D eigenvalue weighted by Crippen LogP contribution is 2.26. The van der Waals surface area contributed by atoms with E-state index in [1.807, 2.05) is 24.4 Å². The third-order valence-corrected chi connectivity index (χ3v) is 3.56. The Balaban J connectivity index is 2.17. The Hall–Kier alpha value is -1.06. The predicted octanol–water partition coefficient (Wildman–Crippen LogP) is 4.71. The molecular formula is C12H11ClFNS. The second kappa shape index (κ2) is 4.85. The van der Waals surface area contributed by atoms with Gasteiger partial charge in [0, 0.05) is 9.90 Å². The summed E-state index contributed by atoms with van der Waals surface area (Å²) in [6, 6.07) is 8.58. The van der Waals surface area contributed by atoms with Gasteiger partial charge in [-0.3, -0.25) is 0 Å². The van der Waals surface area contributed by atoms with Crippen molar-refractivity contribution in [2.75, 3.05) is 5.32 Å². The van der Waals surface area contributed by atoms with E-state index in [1.165, 1.54) is 17.0 Å². The van der Waals surface area contributed by atoms with E-state index in [1.54, 1.807) is 17.4 Å². The molecule has 0 aliphatic rings. The van der Waals surface area contributed by atoms with Crippen molar-refractivity contribution < 1.29 is 4.39 Å². The molecule has 0 aliphatic heterocycles. The first-order chi connectivity index (χ1) is 7.66. The van der Waals surface area contributed by atoms with E-state index in [0.717, 1.165) is 0 Å². The van der Waals surface area contributed by atoms with Crippen molar-refractivity contribution in [3.63, 3.8) is 0 Å². The maximum absolute atomic E-state index is 13.5. The molecule has 84 valence electrons. The number of hydrogen-bond donors (Lipinski definition) is 1. The number of benzene rings is 1. The summed E-state index contributed by atoms with van der Waals surface area (Å²) in [6.07, 6.45) is 0. The molecule has 0 spiro atoms. The van der Waals surface area contributed by atoms with Gasteiger partial charge in [-0.05, 0) is 36.6 Å². The maximum atomic E-state index is 13.5. The van der Waals surface area contributed by atoms with Crippen LogP contribution in [-0.2, 0) is 0 Å². The standard InChI is InChI=1S/C12H11ClFNS/c1-8(12-3-2-6-16-12)15-11-7-9(13)4-5-10(11)14/h2-8,15H,1H3. The van der Waals surface area contributed by atoms with Crippen molar-refractivity contribution in [1.82, 2.24) is 0 Å². The molecule has 16 heavy (non-hydrogen) atoms. The van der Waals surface area contributed by atoms with Gasteiger partial charge in [0.1, 0.15) is 5.82 Å². The van der Waals surface area contributed by atoms with Gasteiger partial charge in [-0.1, -0.05) is 17.7 Å². The van der Waals surface area contributed by atoms with Crippen LogP contribution in [0.3, 0.4) is 0 Å². The smallest absolute Gasteiger partial charge is 0.146 e. The van der Waals surface area contributed by atoms with Gasteiger partial charge in [-0.15, -0.1) is 11.3 Å². The van der Waals surface area contributed by atoms with Crippen LogP contribution < -0.4 is 5.32 Å². The lowest BCUT2D eigenvalue weighted by Crippen LogP contribution is -2.06. The highest BCUT2D eigenvalue weighted by Gasteiger charge is 2.09. The molecule has 1 aromatic heterocycles. The average molecular weight is 256 g/mol. The lowest BCUT2D eigenvalue weighted by molar-refractivity contribution is 0.628. The SMILES string of the molecule is CC(Nc1cc(Cl)ccc1F)c1cccs1. The van der Waals surface area contributed by atoms with Crippen LogP contribution in [0.5, 0.6) is 0 Å². The molecule has 2 rings (SSSR count). The molecule has 0 bridgehead atoms. The van der Waals surface area contributed by atoms with Gasteiger partial charge < -0.3 is 5.32 Å². The molecule has 0 radical (unpaired) electrons. The second-order valence-corrected chi connectivity index (χ2v) is 4.92. The second-order valence-electron chi connectivity index (χ2n) is 3.51. The summed E-state index contributed by atoms with van der Waals surface area (Å²) in [5.74, 6) is -0.284. The summed E-state index contributed by atoms with van der Waals surface area (Å²) in [7, 11) is 0. The third kappa shape index (κ3) is 2.54. The Bertz CT molecular complexity index is 470. The van der Waals surface area contributed by atoms with Crippen LogP contribution in [0, 0.1) is 5.82 Å². The summed E-state index contributed by atoms with van der Waals surface area (Å²) in [4.78, 5) is 1.17. The Morgan fingerprint density at radius 3 is 2.88 bits per heavy atom. The van der Waals surface area contributed by atoms with Gasteiger partial charge in [-0.25, -0.2) is 4.39 Å². The van der Waals surface area contributed by atoms with Gasteiger partial charge in [-0.2, -0.15) is 0 Å². The molecule has 0 fully saturated rings. The van der Waals surface area contributed by atoms with Crippen LogP contribution in [0.2, 0.25) is 5.02 Å². The van der Waals surface area contributed by atoms with Crippen molar-refractivity contribution in [3.8, 4) is 0 Å². The van der Waals surface area contributed by atoms with Crippen LogP contribution in [0.4, 0.5) is 10.1 Å². The summed E-state index contributed by atoms with van der Waals surface area (Å²) < 4.78 is 13.5. The van der Waals surface area contributed by atoms with Gasteiger partial charge in [0.05, 0.1) is 11.7 Å². The molecule has 1 aromatic carbocycles. The Morgan fingerprint density at radius 2 is 2.19 bits per heavy atom. The zero-order chi connectivity index (χ0) is 11.5. The summed E-state index contributed by atoms with van der Waals surface area (Å²) in [5, 5.41) is 5.64. The molecule has 1 N–H and O–H groups in total. The fourth-order valence-corrected chi connectivity index (χ4v) is 2.36. The van der Waals surface area contributed by atoms with Crippen molar-refractivity contribution in [2.45, 2.75) is 13.0 Å². The zero-order valence-corrected chi connectivity index (χ0v) is 10.3. The molecular weight excluding hydrogens is 245 g/mol. The summed E-state index contributed by atoms with van der Waals surface area (Å²) >= 11 is 7.46. The Kier molecular flexibility index (Phi) is 3.46. The van der Waals surface area contributed by atoms with Gasteiger partial charge in [0.25, 0.3) is 0 Å². The van der Waals surface area contributed by atoms with Crippen molar-refractivity contribution in [1.29, 1.82) is 0 Å². The highest BCUT2D eigenvalue weighted by molar-refractivity contribution is 7.10. The molecule has 2 aromatic rings. The van der Waals surface area contributed by atoms with Crippen LogP contribution in [0.15, 0.2) is 35.7 Å². The van der Waals surface area contributed by atoms with Crippen molar-refractivity contribution in [3.05, 3.63) is 51.4 Å². The number of rotatable bonds is 3. The largest absolute Gasteiger partial charge is 0.375 e. The number of anilines is 1. The van der Waals surface area contributed by atoms with E-state index < -0.39 is 0 Å². The molecule has 1 unspecified atom stereocenters. The minimum absolute atomic E-state index is 0.0768. The number of halogens is 2.